The predicted octanol–water partition coefficient (Wildman–Crippen LogP) is 4.50. The molecular weight excluding hydrogens is 194 g/mol. The van der Waals surface area contributed by atoms with Crippen molar-refractivity contribution in [3.63, 3.8) is 0 Å². The van der Waals surface area contributed by atoms with Gasteiger partial charge in [-0.25, -0.2) is 0 Å². The van der Waals surface area contributed by atoms with Crippen molar-refractivity contribution in [2.75, 3.05) is 0 Å². The summed E-state index contributed by atoms with van der Waals surface area (Å²) in [5.41, 5.74) is 6.75. The molecule has 1 fully saturated rings. The van der Waals surface area contributed by atoms with Gasteiger partial charge < -0.3 is 5.73 Å². The van der Waals surface area contributed by atoms with Crippen molar-refractivity contribution in [3.8, 4) is 0 Å². The summed E-state index contributed by atoms with van der Waals surface area (Å²) >= 11 is 0. The Kier molecular flexibility index (Phi) is 5.82. The van der Waals surface area contributed by atoms with Gasteiger partial charge in [-0.1, -0.05) is 46.5 Å². The van der Waals surface area contributed by atoms with Gasteiger partial charge in [0.15, 0.2) is 0 Å². The summed E-state index contributed by atoms with van der Waals surface area (Å²) in [5, 5.41) is 0. The van der Waals surface area contributed by atoms with E-state index in [1.54, 1.807) is 0 Å². The molecule has 1 unspecified atom stereocenters. The summed E-state index contributed by atoms with van der Waals surface area (Å²) in [4.78, 5) is 0. The molecule has 1 aliphatic carbocycles. The molecule has 0 aliphatic heterocycles. The van der Waals surface area contributed by atoms with E-state index < -0.39 is 0 Å². The molecule has 0 amide bonds. The van der Waals surface area contributed by atoms with Gasteiger partial charge >= 0.3 is 0 Å². The molecule has 2 N–H and O–H groups in total. The van der Waals surface area contributed by atoms with Gasteiger partial charge in [-0.15, -0.1) is 0 Å². The Morgan fingerprint density at radius 2 is 1.88 bits per heavy atom. The Labute approximate surface area is 102 Å². The lowest BCUT2D eigenvalue weighted by molar-refractivity contribution is 0.195. The zero-order valence-corrected chi connectivity index (χ0v) is 11.6. The smallest absolute Gasteiger partial charge is 0.0157 e. The molecule has 0 bridgehead atoms. The van der Waals surface area contributed by atoms with Crippen molar-refractivity contribution in [2.24, 2.45) is 17.6 Å². The van der Waals surface area contributed by atoms with Crippen molar-refractivity contribution >= 4 is 0 Å². The minimum Gasteiger partial charge on any atom is -0.325 e. The highest BCUT2D eigenvalue weighted by Crippen LogP contribution is 2.36. The van der Waals surface area contributed by atoms with Gasteiger partial charge in [0.05, 0.1) is 0 Å². The van der Waals surface area contributed by atoms with Crippen LogP contribution in [0.3, 0.4) is 0 Å². The maximum atomic E-state index is 6.57. The van der Waals surface area contributed by atoms with E-state index in [1.165, 1.54) is 57.8 Å². The van der Waals surface area contributed by atoms with E-state index in [1.807, 2.05) is 0 Å². The van der Waals surface area contributed by atoms with E-state index in [0.717, 1.165) is 11.8 Å². The van der Waals surface area contributed by atoms with Gasteiger partial charge in [-0.2, -0.15) is 0 Å². The highest BCUT2D eigenvalue weighted by molar-refractivity contribution is 4.90. The third kappa shape index (κ3) is 4.45. The predicted molar refractivity (Wildman–Crippen MR) is 72.5 cm³/mol. The van der Waals surface area contributed by atoms with Crippen LogP contribution >= 0.6 is 0 Å². The van der Waals surface area contributed by atoms with E-state index in [0.29, 0.717) is 0 Å². The molecule has 96 valence electrons. The van der Waals surface area contributed by atoms with Gasteiger partial charge in [0.25, 0.3) is 0 Å². The first kappa shape index (κ1) is 14.0. The van der Waals surface area contributed by atoms with Gasteiger partial charge in [-0.3, -0.25) is 0 Å². The molecule has 1 heteroatoms. The largest absolute Gasteiger partial charge is 0.325 e. The molecule has 0 aromatic heterocycles. The van der Waals surface area contributed by atoms with Crippen molar-refractivity contribution < 1.29 is 0 Å². The van der Waals surface area contributed by atoms with Crippen molar-refractivity contribution in [1.82, 2.24) is 0 Å². The van der Waals surface area contributed by atoms with E-state index in [9.17, 15) is 0 Å². The summed E-state index contributed by atoms with van der Waals surface area (Å²) in [7, 11) is 0. The number of unbranched alkanes of at least 4 members (excludes halogenated alkanes) is 1. The van der Waals surface area contributed by atoms with Gasteiger partial charge in [0.1, 0.15) is 0 Å². The number of rotatable bonds is 6. The SMILES string of the molecule is CCCCC(CC)CC1(N)CCC(C)CC1. The average molecular weight is 225 g/mol. The van der Waals surface area contributed by atoms with Crippen LogP contribution in [0.25, 0.3) is 0 Å². The minimum absolute atomic E-state index is 0.181. The summed E-state index contributed by atoms with van der Waals surface area (Å²) in [6.07, 6.45) is 11.9. The molecule has 1 saturated carbocycles. The first-order chi connectivity index (χ1) is 7.59. The summed E-state index contributed by atoms with van der Waals surface area (Å²) in [6, 6.07) is 0. The molecule has 1 rings (SSSR count). The zero-order valence-electron chi connectivity index (χ0n) is 11.6. The summed E-state index contributed by atoms with van der Waals surface area (Å²) < 4.78 is 0. The van der Waals surface area contributed by atoms with Crippen LogP contribution in [0.4, 0.5) is 0 Å². The molecule has 16 heavy (non-hydrogen) atoms. The molecule has 1 nitrogen and oxygen atoms in total. The van der Waals surface area contributed by atoms with Crippen molar-refractivity contribution in [1.29, 1.82) is 0 Å². The molecule has 0 radical (unpaired) electrons. The van der Waals surface area contributed by atoms with Crippen LogP contribution in [0.1, 0.15) is 78.6 Å². The topological polar surface area (TPSA) is 26.0 Å². The number of hydrogen-bond acceptors (Lipinski definition) is 1. The quantitative estimate of drug-likeness (QED) is 0.707. The Morgan fingerprint density at radius 1 is 1.25 bits per heavy atom. The monoisotopic (exact) mass is 225 g/mol. The van der Waals surface area contributed by atoms with Crippen LogP contribution < -0.4 is 5.73 Å². The van der Waals surface area contributed by atoms with Crippen LogP contribution in [-0.2, 0) is 0 Å². The molecule has 0 saturated heterocycles. The number of hydrogen-bond donors (Lipinski definition) is 1. The second-order valence-electron chi connectivity index (χ2n) is 6.17. The zero-order chi connectivity index (χ0) is 12.0. The van der Waals surface area contributed by atoms with Crippen LogP contribution in [0.5, 0.6) is 0 Å². The molecule has 0 aromatic rings. The molecule has 0 spiro atoms. The van der Waals surface area contributed by atoms with E-state index in [-0.39, 0.29) is 5.54 Å². The molecule has 0 aromatic carbocycles. The maximum absolute atomic E-state index is 6.57. The van der Waals surface area contributed by atoms with Gasteiger partial charge in [0.2, 0.25) is 0 Å². The van der Waals surface area contributed by atoms with Crippen molar-refractivity contribution in [3.05, 3.63) is 0 Å². The molecule has 1 aliphatic rings. The third-order valence-electron chi connectivity index (χ3n) is 4.51. The van der Waals surface area contributed by atoms with E-state index in [4.69, 9.17) is 5.73 Å². The second kappa shape index (κ2) is 6.64. The van der Waals surface area contributed by atoms with Gasteiger partial charge in [0, 0.05) is 5.54 Å². The maximum Gasteiger partial charge on any atom is 0.0157 e. The van der Waals surface area contributed by atoms with E-state index in [2.05, 4.69) is 20.8 Å². The first-order valence-corrected chi connectivity index (χ1v) is 7.38. The third-order valence-corrected chi connectivity index (χ3v) is 4.51. The summed E-state index contributed by atoms with van der Waals surface area (Å²) in [5.74, 6) is 1.78. The fraction of sp³-hybridized carbons (Fsp3) is 1.00. The van der Waals surface area contributed by atoms with Gasteiger partial charge in [-0.05, 0) is 43.9 Å². The first-order valence-electron chi connectivity index (χ1n) is 7.38. The molecular formula is C15H31N. The Bertz CT molecular complexity index is 180. The lowest BCUT2D eigenvalue weighted by Crippen LogP contribution is -2.44. The van der Waals surface area contributed by atoms with Crippen LogP contribution in [-0.4, -0.2) is 5.54 Å². The van der Waals surface area contributed by atoms with Crippen LogP contribution in [0.2, 0.25) is 0 Å². The highest BCUT2D eigenvalue weighted by Gasteiger charge is 2.31. The average Bonchev–Trinajstić information content (AvgIpc) is 2.29. The van der Waals surface area contributed by atoms with E-state index >= 15 is 0 Å². The minimum atomic E-state index is 0.181. The normalized spacial score (nSPS) is 32.6. The van der Waals surface area contributed by atoms with Crippen LogP contribution in [0.15, 0.2) is 0 Å². The van der Waals surface area contributed by atoms with Crippen molar-refractivity contribution in [2.45, 2.75) is 84.1 Å². The summed E-state index contributed by atoms with van der Waals surface area (Å²) in [6.45, 7) is 6.98. The van der Waals surface area contributed by atoms with Crippen LogP contribution in [0, 0.1) is 11.8 Å². The fourth-order valence-electron chi connectivity index (χ4n) is 3.06. The molecule has 1 atom stereocenters. The fourth-order valence-corrected chi connectivity index (χ4v) is 3.06. The Hall–Kier alpha value is -0.0400. The number of nitrogens with two attached hydrogens (primary N) is 1. The lowest BCUT2D eigenvalue weighted by Gasteiger charge is -2.38. The molecule has 0 heterocycles. The standard InChI is InChI=1S/C15H31N/c1-4-6-7-14(5-2)12-15(16)10-8-13(3)9-11-15/h13-14H,4-12,16H2,1-3H3. The Balaban J connectivity index is 2.37. The highest BCUT2D eigenvalue weighted by atomic mass is 14.7. The lowest BCUT2D eigenvalue weighted by atomic mass is 9.72. The Morgan fingerprint density at radius 3 is 2.38 bits per heavy atom. The second-order valence-corrected chi connectivity index (χ2v) is 6.17.